The van der Waals surface area contributed by atoms with Gasteiger partial charge in [0.1, 0.15) is 5.82 Å². The second-order valence-corrected chi connectivity index (χ2v) is 2.77. The molecule has 76 valence electrons. The lowest BCUT2D eigenvalue weighted by Crippen LogP contribution is -2.14. The highest BCUT2D eigenvalue weighted by molar-refractivity contribution is 5.84. The zero-order chi connectivity index (χ0) is 10.4. The second-order valence-electron chi connectivity index (χ2n) is 2.77. The van der Waals surface area contributed by atoms with Gasteiger partial charge in [0.25, 0.3) is 0 Å². The average Bonchev–Trinajstić information content (AvgIpc) is 2.15. The summed E-state index contributed by atoms with van der Waals surface area (Å²) in [4.78, 5) is 11.0. The Balaban J connectivity index is 2.47. The van der Waals surface area contributed by atoms with Gasteiger partial charge in [0, 0.05) is 5.69 Å². The van der Waals surface area contributed by atoms with E-state index in [2.05, 4.69) is 5.32 Å². The maximum Gasteiger partial charge on any atom is 0.411 e. The number of nitrogens with one attached hydrogen (secondary N) is 1. The SMILES string of the molecule is CCCOC(=O)Nc1cccc(F)c1. The summed E-state index contributed by atoms with van der Waals surface area (Å²) in [6, 6.07) is 5.65. The number of carbonyl (C=O) groups excluding carboxylic acids is 1. The first-order valence-corrected chi connectivity index (χ1v) is 4.41. The van der Waals surface area contributed by atoms with E-state index in [1.165, 1.54) is 18.2 Å². The number of carbonyl (C=O) groups is 1. The molecule has 1 amide bonds. The molecular weight excluding hydrogens is 185 g/mol. The predicted molar refractivity (Wildman–Crippen MR) is 51.7 cm³/mol. The van der Waals surface area contributed by atoms with Crippen molar-refractivity contribution in [3.63, 3.8) is 0 Å². The Kier molecular flexibility index (Phi) is 3.91. The van der Waals surface area contributed by atoms with Gasteiger partial charge in [0.2, 0.25) is 0 Å². The van der Waals surface area contributed by atoms with E-state index in [1.54, 1.807) is 6.07 Å². The number of benzene rings is 1. The molecule has 1 rings (SSSR count). The average molecular weight is 197 g/mol. The maximum atomic E-state index is 12.7. The third-order valence-corrected chi connectivity index (χ3v) is 1.51. The van der Waals surface area contributed by atoms with Gasteiger partial charge in [-0.25, -0.2) is 9.18 Å². The van der Waals surface area contributed by atoms with Crippen molar-refractivity contribution in [3.05, 3.63) is 30.1 Å². The molecular formula is C10H12FNO2. The molecule has 0 atom stereocenters. The molecule has 0 aliphatic heterocycles. The van der Waals surface area contributed by atoms with E-state index in [1.807, 2.05) is 6.92 Å². The summed E-state index contributed by atoms with van der Waals surface area (Å²) in [5.41, 5.74) is 0.395. The van der Waals surface area contributed by atoms with Crippen molar-refractivity contribution < 1.29 is 13.9 Å². The Bertz CT molecular complexity index is 315. The summed E-state index contributed by atoms with van der Waals surface area (Å²) in [6.45, 7) is 2.26. The van der Waals surface area contributed by atoms with E-state index in [0.717, 1.165) is 6.42 Å². The molecule has 1 aromatic rings. The Morgan fingerprint density at radius 3 is 3.00 bits per heavy atom. The molecule has 0 aromatic heterocycles. The summed E-state index contributed by atoms with van der Waals surface area (Å²) in [7, 11) is 0. The lowest BCUT2D eigenvalue weighted by Gasteiger charge is -2.05. The number of hydrogen-bond donors (Lipinski definition) is 1. The van der Waals surface area contributed by atoms with Crippen LogP contribution in [0, 0.1) is 5.82 Å². The van der Waals surface area contributed by atoms with Gasteiger partial charge in [-0.15, -0.1) is 0 Å². The van der Waals surface area contributed by atoms with Crippen LogP contribution in [0.15, 0.2) is 24.3 Å². The molecule has 3 nitrogen and oxygen atoms in total. The molecule has 0 aliphatic rings. The van der Waals surface area contributed by atoms with Crippen LogP contribution >= 0.6 is 0 Å². The van der Waals surface area contributed by atoms with E-state index in [-0.39, 0.29) is 0 Å². The van der Waals surface area contributed by atoms with E-state index >= 15 is 0 Å². The van der Waals surface area contributed by atoms with Crippen LogP contribution in [-0.4, -0.2) is 12.7 Å². The van der Waals surface area contributed by atoms with E-state index in [4.69, 9.17) is 4.74 Å². The van der Waals surface area contributed by atoms with Crippen molar-refractivity contribution in [1.29, 1.82) is 0 Å². The van der Waals surface area contributed by atoms with Crippen molar-refractivity contribution in [1.82, 2.24) is 0 Å². The molecule has 0 unspecified atom stereocenters. The first-order valence-electron chi connectivity index (χ1n) is 4.41. The minimum Gasteiger partial charge on any atom is -0.449 e. The number of amides is 1. The summed E-state index contributed by atoms with van der Waals surface area (Å²) >= 11 is 0. The number of halogens is 1. The molecule has 14 heavy (non-hydrogen) atoms. The lowest BCUT2D eigenvalue weighted by molar-refractivity contribution is 0.161. The zero-order valence-corrected chi connectivity index (χ0v) is 7.92. The summed E-state index contributed by atoms with van der Waals surface area (Å²) < 4.78 is 17.4. The van der Waals surface area contributed by atoms with E-state index < -0.39 is 11.9 Å². The van der Waals surface area contributed by atoms with Crippen molar-refractivity contribution >= 4 is 11.8 Å². The summed E-state index contributed by atoms with van der Waals surface area (Å²) in [5, 5.41) is 2.42. The number of hydrogen-bond acceptors (Lipinski definition) is 2. The second kappa shape index (κ2) is 5.21. The minimum atomic E-state index is -0.558. The van der Waals surface area contributed by atoms with E-state index in [9.17, 15) is 9.18 Å². The van der Waals surface area contributed by atoms with Gasteiger partial charge in [-0.05, 0) is 24.6 Å². The molecule has 4 heteroatoms. The molecule has 0 heterocycles. The smallest absolute Gasteiger partial charge is 0.411 e. The number of anilines is 1. The van der Waals surface area contributed by atoms with Gasteiger partial charge in [-0.1, -0.05) is 13.0 Å². The van der Waals surface area contributed by atoms with E-state index in [0.29, 0.717) is 12.3 Å². The van der Waals surface area contributed by atoms with Crippen molar-refractivity contribution in [3.8, 4) is 0 Å². The molecule has 0 radical (unpaired) electrons. The largest absolute Gasteiger partial charge is 0.449 e. The normalized spacial score (nSPS) is 9.57. The maximum absolute atomic E-state index is 12.7. The molecule has 0 fully saturated rings. The van der Waals surface area contributed by atoms with Crippen LogP contribution in [-0.2, 0) is 4.74 Å². The fraction of sp³-hybridized carbons (Fsp3) is 0.300. The van der Waals surface area contributed by atoms with Gasteiger partial charge >= 0.3 is 6.09 Å². The predicted octanol–water partition coefficient (Wildman–Crippen LogP) is 2.78. The van der Waals surface area contributed by atoms with Crippen LogP contribution in [0.1, 0.15) is 13.3 Å². The molecule has 0 saturated carbocycles. The highest BCUT2D eigenvalue weighted by Crippen LogP contribution is 2.09. The Hall–Kier alpha value is -1.58. The minimum absolute atomic E-state index is 0.362. The quantitative estimate of drug-likeness (QED) is 0.809. The summed E-state index contributed by atoms with van der Waals surface area (Å²) in [5.74, 6) is -0.390. The van der Waals surface area contributed by atoms with Crippen molar-refractivity contribution in [2.45, 2.75) is 13.3 Å². The van der Waals surface area contributed by atoms with Crippen LogP contribution in [0.5, 0.6) is 0 Å². The number of rotatable bonds is 3. The van der Waals surface area contributed by atoms with Gasteiger partial charge in [0.15, 0.2) is 0 Å². The highest BCUT2D eigenvalue weighted by Gasteiger charge is 2.02. The Labute approximate surface area is 81.9 Å². The van der Waals surface area contributed by atoms with Gasteiger partial charge in [-0.2, -0.15) is 0 Å². The highest BCUT2D eigenvalue weighted by atomic mass is 19.1. The van der Waals surface area contributed by atoms with Crippen LogP contribution in [0.25, 0.3) is 0 Å². The molecule has 1 aromatic carbocycles. The third kappa shape index (κ3) is 3.43. The fourth-order valence-corrected chi connectivity index (χ4v) is 0.915. The first kappa shape index (κ1) is 10.5. The van der Waals surface area contributed by atoms with Gasteiger partial charge in [-0.3, -0.25) is 5.32 Å². The zero-order valence-electron chi connectivity index (χ0n) is 7.92. The van der Waals surface area contributed by atoms with Crippen LogP contribution in [0.3, 0.4) is 0 Å². The Morgan fingerprint density at radius 2 is 2.36 bits per heavy atom. The first-order chi connectivity index (χ1) is 6.72. The monoisotopic (exact) mass is 197 g/mol. The molecule has 0 bridgehead atoms. The van der Waals surface area contributed by atoms with Crippen LogP contribution in [0.2, 0.25) is 0 Å². The molecule has 0 saturated heterocycles. The fourth-order valence-electron chi connectivity index (χ4n) is 0.915. The van der Waals surface area contributed by atoms with Gasteiger partial charge in [0.05, 0.1) is 6.61 Å². The standard InChI is InChI=1S/C10H12FNO2/c1-2-6-14-10(13)12-9-5-3-4-8(11)7-9/h3-5,7H,2,6H2,1H3,(H,12,13). The topological polar surface area (TPSA) is 38.3 Å². The molecule has 0 spiro atoms. The molecule has 0 aliphatic carbocycles. The van der Waals surface area contributed by atoms with Crippen LogP contribution in [0.4, 0.5) is 14.9 Å². The third-order valence-electron chi connectivity index (χ3n) is 1.51. The Morgan fingerprint density at radius 1 is 1.57 bits per heavy atom. The molecule has 1 N–H and O–H groups in total. The summed E-state index contributed by atoms with van der Waals surface area (Å²) in [6.07, 6.45) is 0.203. The van der Waals surface area contributed by atoms with Crippen LogP contribution < -0.4 is 5.32 Å². The number of ether oxygens (including phenoxy) is 1. The lowest BCUT2D eigenvalue weighted by atomic mass is 10.3. The van der Waals surface area contributed by atoms with Crippen molar-refractivity contribution in [2.24, 2.45) is 0 Å². The van der Waals surface area contributed by atoms with Crippen molar-refractivity contribution in [2.75, 3.05) is 11.9 Å². The van der Waals surface area contributed by atoms with Gasteiger partial charge < -0.3 is 4.74 Å².